The first-order valence-electron chi connectivity index (χ1n) is 9.72. The molecule has 0 radical (unpaired) electrons. The van der Waals surface area contributed by atoms with E-state index < -0.39 is 0 Å². The molecule has 2 heterocycles. The third-order valence-corrected chi connectivity index (χ3v) is 6.37. The van der Waals surface area contributed by atoms with Crippen LogP contribution in [-0.4, -0.2) is 30.4 Å². The average Bonchev–Trinajstić information content (AvgIpc) is 3.16. The van der Waals surface area contributed by atoms with E-state index in [2.05, 4.69) is 92.8 Å². The normalized spacial score (nSPS) is 15.1. The van der Waals surface area contributed by atoms with Crippen molar-refractivity contribution in [3.05, 3.63) is 52.9 Å². The number of nitrogens with zero attached hydrogens (tertiary/aromatic N) is 2. The number of thiophene rings is 1. The zero-order chi connectivity index (χ0) is 18.7. The summed E-state index contributed by atoms with van der Waals surface area (Å²) in [6, 6.07) is 13.3. The maximum Gasteiger partial charge on any atom is 0.209 e. The highest BCUT2D eigenvalue weighted by Gasteiger charge is 2.42. The summed E-state index contributed by atoms with van der Waals surface area (Å²) in [5.41, 5.74) is 4.12. The highest BCUT2D eigenvalue weighted by Crippen LogP contribution is 2.39. The molecule has 0 fully saturated rings. The summed E-state index contributed by atoms with van der Waals surface area (Å²) < 4.78 is 2.33. The molecule has 0 saturated carbocycles. The first-order valence-corrected chi connectivity index (χ1v) is 10.5. The number of fused-ring (bicyclic) bond motifs is 1. The first-order chi connectivity index (χ1) is 12.5. The number of allylic oxidation sites excluding steroid dienone is 1. The van der Waals surface area contributed by atoms with Gasteiger partial charge in [-0.2, -0.15) is 4.58 Å². The lowest BCUT2D eigenvalue weighted by atomic mass is 9.81. The van der Waals surface area contributed by atoms with Gasteiger partial charge in [0.15, 0.2) is 5.71 Å². The van der Waals surface area contributed by atoms with Gasteiger partial charge in [0.1, 0.15) is 7.05 Å². The van der Waals surface area contributed by atoms with Crippen molar-refractivity contribution in [2.75, 3.05) is 25.0 Å². The molecule has 146 valence electrons. The van der Waals surface area contributed by atoms with E-state index >= 15 is 0 Å². The molecular weight excluding hydrogens is 463 g/mol. The van der Waals surface area contributed by atoms with E-state index in [0.717, 1.165) is 13.1 Å². The molecule has 0 bridgehead atoms. The number of benzene rings is 1. The molecule has 2 aromatic rings. The van der Waals surface area contributed by atoms with Crippen molar-refractivity contribution in [2.24, 2.45) is 0 Å². The minimum absolute atomic E-state index is 0. The fourth-order valence-electron chi connectivity index (χ4n) is 3.94. The second-order valence-corrected chi connectivity index (χ2v) is 8.68. The number of hydrogen-bond donors (Lipinski definition) is 0. The van der Waals surface area contributed by atoms with Gasteiger partial charge in [-0.25, -0.2) is 0 Å². The summed E-state index contributed by atoms with van der Waals surface area (Å²) >= 11 is 1.90. The van der Waals surface area contributed by atoms with Crippen LogP contribution in [0.3, 0.4) is 0 Å². The minimum Gasteiger partial charge on any atom is -1.00 e. The molecule has 1 aliphatic rings. The number of rotatable bonds is 7. The molecule has 0 N–H and O–H groups in total. The van der Waals surface area contributed by atoms with E-state index in [1.165, 1.54) is 39.7 Å². The second-order valence-electron chi connectivity index (χ2n) is 7.58. The zero-order valence-electron chi connectivity index (χ0n) is 17.1. The van der Waals surface area contributed by atoms with Crippen LogP contribution in [0.1, 0.15) is 51.0 Å². The Hall–Kier alpha value is -1.14. The Morgan fingerprint density at radius 2 is 1.67 bits per heavy atom. The minimum atomic E-state index is 0. The van der Waals surface area contributed by atoms with Crippen LogP contribution in [0, 0.1) is 0 Å². The van der Waals surface area contributed by atoms with Crippen LogP contribution in [-0.2, 0) is 5.41 Å². The van der Waals surface area contributed by atoms with Gasteiger partial charge in [-0.15, -0.1) is 11.3 Å². The Morgan fingerprint density at radius 1 is 1.00 bits per heavy atom. The third kappa shape index (κ3) is 4.48. The Balaban J connectivity index is 0.00000261. The van der Waals surface area contributed by atoms with Gasteiger partial charge in [-0.3, -0.25) is 0 Å². The SMILES string of the molecule is CCCN(CCC)c1ccc(C=CC2=[N+](C)c3ccccc3C2(C)C)s1.[I-]. The predicted octanol–water partition coefficient (Wildman–Crippen LogP) is 3.10. The molecule has 1 aliphatic heterocycles. The highest BCUT2D eigenvalue weighted by atomic mass is 127. The maximum atomic E-state index is 2.51. The van der Waals surface area contributed by atoms with E-state index in [-0.39, 0.29) is 29.4 Å². The second kappa shape index (κ2) is 9.37. The third-order valence-electron chi connectivity index (χ3n) is 5.26. The van der Waals surface area contributed by atoms with E-state index in [1.807, 2.05) is 11.3 Å². The number of halogens is 1. The van der Waals surface area contributed by atoms with E-state index in [9.17, 15) is 0 Å². The molecule has 0 atom stereocenters. The van der Waals surface area contributed by atoms with Crippen LogP contribution in [0.25, 0.3) is 6.08 Å². The molecule has 0 spiro atoms. The van der Waals surface area contributed by atoms with E-state index in [0.29, 0.717) is 0 Å². The smallest absolute Gasteiger partial charge is 0.209 e. The number of hydrogen-bond acceptors (Lipinski definition) is 2. The summed E-state index contributed by atoms with van der Waals surface area (Å²) in [6.07, 6.45) is 6.97. The van der Waals surface area contributed by atoms with Gasteiger partial charge < -0.3 is 28.9 Å². The van der Waals surface area contributed by atoms with Crippen molar-refractivity contribution in [1.29, 1.82) is 0 Å². The van der Waals surface area contributed by atoms with E-state index in [1.54, 1.807) is 0 Å². The molecule has 0 aliphatic carbocycles. The lowest BCUT2D eigenvalue weighted by Gasteiger charge is -2.21. The molecule has 0 unspecified atom stereocenters. The molecule has 1 aromatic heterocycles. The summed E-state index contributed by atoms with van der Waals surface area (Å²) in [5.74, 6) is 0. The standard InChI is InChI=1S/C23H31N2S.HI/c1-6-16-25(17-7-2)22-15-13-18(26-22)12-14-21-23(3,4)19-10-8-9-11-20(19)24(21)5;/h8-15H,6-7,16-17H2,1-5H3;1H/q+1;/p-1. The monoisotopic (exact) mass is 494 g/mol. The average molecular weight is 494 g/mol. The summed E-state index contributed by atoms with van der Waals surface area (Å²) in [6.45, 7) is 11.4. The van der Waals surface area contributed by atoms with Gasteiger partial charge >= 0.3 is 0 Å². The van der Waals surface area contributed by atoms with Crippen molar-refractivity contribution in [3.8, 4) is 0 Å². The maximum absolute atomic E-state index is 2.51. The fourth-order valence-corrected chi connectivity index (χ4v) is 4.90. The Bertz CT molecular complexity index is 826. The lowest BCUT2D eigenvalue weighted by Crippen LogP contribution is -3.00. The largest absolute Gasteiger partial charge is 1.00 e. The van der Waals surface area contributed by atoms with Crippen molar-refractivity contribution in [3.63, 3.8) is 0 Å². The topological polar surface area (TPSA) is 6.25 Å². The molecule has 2 nitrogen and oxygen atoms in total. The Morgan fingerprint density at radius 3 is 2.30 bits per heavy atom. The van der Waals surface area contributed by atoms with Crippen LogP contribution < -0.4 is 28.9 Å². The van der Waals surface area contributed by atoms with E-state index in [4.69, 9.17) is 0 Å². The quantitative estimate of drug-likeness (QED) is 0.424. The molecule has 0 amide bonds. The van der Waals surface area contributed by atoms with Crippen LogP contribution >= 0.6 is 11.3 Å². The van der Waals surface area contributed by atoms with Crippen LogP contribution in [0.5, 0.6) is 0 Å². The zero-order valence-corrected chi connectivity index (χ0v) is 20.1. The Kier molecular flexibility index (Phi) is 7.69. The van der Waals surface area contributed by atoms with Gasteiger partial charge in [0.05, 0.1) is 10.4 Å². The predicted molar refractivity (Wildman–Crippen MR) is 116 cm³/mol. The van der Waals surface area contributed by atoms with Crippen molar-refractivity contribution >= 4 is 33.8 Å². The lowest BCUT2D eigenvalue weighted by molar-refractivity contribution is -0.401. The van der Waals surface area contributed by atoms with Crippen LogP contribution in [0.2, 0.25) is 0 Å². The van der Waals surface area contributed by atoms with Gasteiger partial charge in [-0.1, -0.05) is 32.0 Å². The number of anilines is 1. The molecule has 0 saturated heterocycles. The summed E-state index contributed by atoms with van der Waals surface area (Å²) in [4.78, 5) is 3.83. The van der Waals surface area contributed by atoms with Crippen LogP contribution in [0.4, 0.5) is 10.7 Å². The fraction of sp³-hybridized carbons (Fsp3) is 0.435. The molecular formula is C23H31IN2S. The molecule has 4 heteroatoms. The molecule has 27 heavy (non-hydrogen) atoms. The van der Waals surface area contributed by atoms with Gasteiger partial charge in [0.25, 0.3) is 0 Å². The molecule has 3 rings (SSSR count). The van der Waals surface area contributed by atoms with Crippen molar-refractivity contribution in [2.45, 2.75) is 46.0 Å². The Labute approximate surface area is 185 Å². The first kappa shape index (κ1) is 22.2. The van der Waals surface area contributed by atoms with Gasteiger partial charge in [0.2, 0.25) is 5.69 Å². The van der Waals surface area contributed by atoms with Gasteiger partial charge in [0, 0.05) is 35.7 Å². The highest BCUT2D eigenvalue weighted by molar-refractivity contribution is 7.16. The number of para-hydroxylation sites is 1. The molecule has 1 aromatic carbocycles. The summed E-state index contributed by atoms with van der Waals surface area (Å²) in [7, 11) is 2.18. The van der Waals surface area contributed by atoms with Crippen LogP contribution in [0.15, 0.2) is 42.5 Å². The van der Waals surface area contributed by atoms with Crippen molar-refractivity contribution < 1.29 is 28.6 Å². The summed E-state index contributed by atoms with van der Waals surface area (Å²) in [5, 5.41) is 1.39. The van der Waals surface area contributed by atoms with Gasteiger partial charge in [-0.05, 0) is 44.9 Å². The van der Waals surface area contributed by atoms with Crippen molar-refractivity contribution in [1.82, 2.24) is 0 Å².